The van der Waals surface area contributed by atoms with Crippen molar-refractivity contribution in [2.45, 2.75) is 6.54 Å². The number of halogens is 1. The average molecular weight is 435 g/mol. The van der Waals surface area contributed by atoms with Gasteiger partial charge >= 0.3 is 5.97 Å². The topological polar surface area (TPSA) is 70.4 Å². The number of aromatic nitrogens is 2. The first kappa shape index (κ1) is 20.6. The molecule has 0 amide bonds. The van der Waals surface area contributed by atoms with Crippen molar-refractivity contribution in [1.82, 2.24) is 9.78 Å². The van der Waals surface area contributed by atoms with Gasteiger partial charge in [0.15, 0.2) is 5.69 Å². The molecule has 1 heterocycles. The van der Waals surface area contributed by atoms with Gasteiger partial charge in [-0.25, -0.2) is 9.48 Å². The van der Waals surface area contributed by atoms with E-state index in [9.17, 15) is 9.59 Å². The van der Waals surface area contributed by atoms with E-state index in [0.29, 0.717) is 21.5 Å². The van der Waals surface area contributed by atoms with E-state index in [1.165, 1.54) is 4.68 Å². The number of carbonyl (C=O) groups excluding carboxylic acids is 1. The van der Waals surface area contributed by atoms with Crippen LogP contribution in [0.5, 0.6) is 5.75 Å². The normalized spacial score (nSPS) is 10.7. The summed E-state index contributed by atoms with van der Waals surface area (Å²) in [4.78, 5) is 25.6. The summed E-state index contributed by atoms with van der Waals surface area (Å²) in [5.41, 5.74) is 0.724. The Morgan fingerprint density at radius 2 is 1.55 bits per heavy atom. The minimum absolute atomic E-state index is 0.0118. The van der Waals surface area contributed by atoms with Crippen LogP contribution in [0.4, 0.5) is 0 Å². The van der Waals surface area contributed by atoms with Gasteiger partial charge in [0.2, 0.25) is 0 Å². The predicted octanol–water partition coefficient (Wildman–Crippen LogP) is 4.33. The molecule has 0 spiro atoms. The minimum Gasteiger partial charge on any atom is -0.488 e. The summed E-state index contributed by atoms with van der Waals surface area (Å²) < 4.78 is 12.2. The van der Waals surface area contributed by atoms with Crippen molar-refractivity contribution < 1.29 is 14.3 Å². The quantitative estimate of drug-likeness (QED) is 0.320. The number of nitrogens with zero attached hydrogens (tertiary/aromatic N) is 2. The zero-order valence-electron chi connectivity index (χ0n) is 16.5. The van der Waals surface area contributed by atoms with Crippen LogP contribution in [0.3, 0.4) is 0 Å². The number of rotatable bonds is 7. The number of benzene rings is 3. The number of carbonyl (C=O) groups is 1. The molecule has 0 saturated carbocycles. The molecule has 0 atom stereocenters. The lowest BCUT2D eigenvalue weighted by Gasteiger charge is -2.12. The summed E-state index contributed by atoms with van der Waals surface area (Å²) in [6.07, 6.45) is 0. The highest BCUT2D eigenvalue weighted by atomic mass is 35.5. The Labute approximate surface area is 183 Å². The molecule has 156 valence electrons. The van der Waals surface area contributed by atoms with Crippen LogP contribution in [-0.2, 0) is 11.3 Å². The lowest BCUT2D eigenvalue weighted by Crippen LogP contribution is -2.27. The second-order valence-electron chi connectivity index (χ2n) is 6.76. The number of esters is 1. The van der Waals surface area contributed by atoms with E-state index >= 15 is 0 Å². The zero-order chi connectivity index (χ0) is 21.6. The average Bonchev–Trinajstić information content (AvgIpc) is 2.80. The summed E-state index contributed by atoms with van der Waals surface area (Å²) >= 11 is 6.05. The van der Waals surface area contributed by atoms with Gasteiger partial charge in [0, 0.05) is 5.39 Å². The molecule has 0 bridgehead atoms. The summed E-state index contributed by atoms with van der Waals surface area (Å²) in [5.74, 6) is -0.110. The molecule has 4 rings (SSSR count). The van der Waals surface area contributed by atoms with Crippen LogP contribution in [0.15, 0.2) is 83.7 Å². The Hall–Kier alpha value is -3.64. The van der Waals surface area contributed by atoms with Gasteiger partial charge in [0.05, 0.1) is 17.0 Å². The van der Waals surface area contributed by atoms with Gasteiger partial charge in [-0.05, 0) is 23.8 Å². The maximum Gasteiger partial charge on any atom is 0.359 e. The maximum atomic E-state index is 12.9. The summed E-state index contributed by atoms with van der Waals surface area (Å²) in [6.45, 7) is 0.398. The van der Waals surface area contributed by atoms with Crippen LogP contribution < -0.4 is 10.3 Å². The fraction of sp³-hybridized carbons (Fsp3) is 0.125. The molecule has 0 aliphatic rings. The highest BCUT2D eigenvalue weighted by molar-refractivity contribution is 6.32. The lowest BCUT2D eigenvalue weighted by molar-refractivity contribution is 0.0443. The van der Waals surface area contributed by atoms with Gasteiger partial charge in [-0.2, -0.15) is 5.10 Å². The van der Waals surface area contributed by atoms with Crippen LogP contribution in [-0.4, -0.2) is 29.0 Å². The first-order valence-electron chi connectivity index (χ1n) is 9.72. The van der Waals surface area contributed by atoms with E-state index in [1.807, 2.05) is 30.3 Å². The van der Waals surface area contributed by atoms with Crippen LogP contribution in [0.2, 0.25) is 5.02 Å². The number of ether oxygens (including phenoxy) is 2. The summed E-state index contributed by atoms with van der Waals surface area (Å²) in [6, 6.07) is 23.4. The van der Waals surface area contributed by atoms with Crippen molar-refractivity contribution in [3.8, 4) is 5.75 Å². The second-order valence-corrected chi connectivity index (χ2v) is 7.16. The molecule has 0 N–H and O–H groups in total. The van der Waals surface area contributed by atoms with Gasteiger partial charge in [-0.3, -0.25) is 4.79 Å². The standard InChI is InChI=1S/C24H19ClN2O4/c25-20-12-6-7-13-21(20)30-14-15-31-24(29)22-18-10-4-5-11-19(18)23(28)27(26-22)16-17-8-2-1-3-9-17/h1-13H,14-16H2. The molecule has 0 fully saturated rings. The zero-order valence-corrected chi connectivity index (χ0v) is 17.3. The molecule has 1 aromatic heterocycles. The van der Waals surface area contributed by atoms with Crippen LogP contribution in [0.1, 0.15) is 16.1 Å². The van der Waals surface area contributed by atoms with E-state index < -0.39 is 5.97 Å². The molecule has 0 radical (unpaired) electrons. The van der Waals surface area contributed by atoms with Crippen LogP contribution in [0, 0.1) is 0 Å². The van der Waals surface area contributed by atoms with E-state index in [2.05, 4.69) is 5.10 Å². The van der Waals surface area contributed by atoms with E-state index in [-0.39, 0.29) is 31.0 Å². The van der Waals surface area contributed by atoms with Crippen molar-refractivity contribution in [2.24, 2.45) is 0 Å². The number of para-hydroxylation sites is 1. The molecule has 7 heteroatoms. The van der Waals surface area contributed by atoms with Crippen molar-refractivity contribution >= 4 is 28.3 Å². The van der Waals surface area contributed by atoms with Gasteiger partial charge in [-0.1, -0.05) is 72.3 Å². The van der Waals surface area contributed by atoms with Crippen molar-refractivity contribution in [1.29, 1.82) is 0 Å². The Kier molecular flexibility index (Phi) is 6.29. The third-order valence-electron chi connectivity index (χ3n) is 4.65. The molecule has 0 aliphatic heterocycles. The number of hydrogen-bond acceptors (Lipinski definition) is 5. The molecule has 0 aliphatic carbocycles. The number of fused-ring (bicyclic) bond motifs is 1. The predicted molar refractivity (Wildman–Crippen MR) is 119 cm³/mol. The molecular formula is C24H19ClN2O4. The van der Waals surface area contributed by atoms with Crippen LogP contribution >= 0.6 is 11.6 Å². The van der Waals surface area contributed by atoms with Gasteiger partial charge in [-0.15, -0.1) is 0 Å². The Bertz CT molecular complexity index is 1270. The molecule has 0 unspecified atom stereocenters. The van der Waals surface area contributed by atoms with E-state index in [0.717, 1.165) is 5.56 Å². The van der Waals surface area contributed by atoms with Crippen LogP contribution in [0.25, 0.3) is 10.8 Å². The highest BCUT2D eigenvalue weighted by Crippen LogP contribution is 2.23. The minimum atomic E-state index is -0.624. The van der Waals surface area contributed by atoms with Gasteiger partial charge < -0.3 is 9.47 Å². The Morgan fingerprint density at radius 1 is 0.871 bits per heavy atom. The number of hydrogen-bond donors (Lipinski definition) is 0. The van der Waals surface area contributed by atoms with Crippen molar-refractivity contribution in [2.75, 3.05) is 13.2 Å². The summed E-state index contributed by atoms with van der Waals surface area (Å²) in [7, 11) is 0. The smallest absolute Gasteiger partial charge is 0.359 e. The maximum absolute atomic E-state index is 12.9. The highest BCUT2D eigenvalue weighted by Gasteiger charge is 2.18. The SMILES string of the molecule is O=C(OCCOc1ccccc1Cl)c1nn(Cc2ccccc2)c(=O)c2ccccc12. The largest absolute Gasteiger partial charge is 0.488 e. The molecule has 4 aromatic rings. The van der Waals surface area contributed by atoms with E-state index in [1.54, 1.807) is 48.5 Å². The Morgan fingerprint density at radius 3 is 2.32 bits per heavy atom. The lowest BCUT2D eigenvalue weighted by atomic mass is 10.1. The second kappa shape index (κ2) is 9.45. The first-order chi connectivity index (χ1) is 15.1. The summed E-state index contributed by atoms with van der Waals surface area (Å²) in [5, 5.41) is 5.66. The van der Waals surface area contributed by atoms with E-state index in [4.69, 9.17) is 21.1 Å². The third-order valence-corrected chi connectivity index (χ3v) is 4.96. The van der Waals surface area contributed by atoms with Crippen molar-refractivity contribution in [3.05, 3.63) is 105 Å². The molecule has 31 heavy (non-hydrogen) atoms. The fourth-order valence-electron chi connectivity index (χ4n) is 3.17. The third kappa shape index (κ3) is 4.75. The van der Waals surface area contributed by atoms with Crippen molar-refractivity contribution in [3.63, 3.8) is 0 Å². The molecule has 0 saturated heterocycles. The Balaban J connectivity index is 1.54. The monoisotopic (exact) mass is 434 g/mol. The van der Waals surface area contributed by atoms with Gasteiger partial charge in [0.25, 0.3) is 5.56 Å². The molecule has 3 aromatic carbocycles. The fourth-order valence-corrected chi connectivity index (χ4v) is 3.36. The first-order valence-corrected chi connectivity index (χ1v) is 10.1. The van der Waals surface area contributed by atoms with Gasteiger partial charge in [0.1, 0.15) is 19.0 Å². The molecular weight excluding hydrogens is 416 g/mol. The molecule has 6 nitrogen and oxygen atoms in total.